The second kappa shape index (κ2) is 9.74. The first-order valence-electron chi connectivity index (χ1n) is 9.97. The topological polar surface area (TPSA) is 6.02 Å². The van der Waals surface area contributed by atoms with Crippen molar-refractivity contribution in [3.05, 3.63) is 40.7 Å². The largest absolute Gasteiger partial charge is 0.334 e. The van der Waals surface area contributed by atoms with E-state index in [0.717, 1.165) is 6.67 Å². The number of rotatable bonds is 1. The van der Waals surface area contributed by atoms with Crippen molar-refractivity contribution < 1.29 is 41.9 Å². The van der Waals surface area contributed by atoms with Crippen LogP contribution in [0.5, 0.6) is 0 Å². The summed E-state index contributed by atoms with van der Waals surface area (Å²) in [5.74, 6) is 1.18. The Morgan fingerprint density at radius 1 is 0.704 bits per heavy atom. The van der Waals surface area contributed by atoms with E-state index >= 15 is 0 Å². The first kappa shape index (κ1) is 24.4. The van der Waals surface area contributed by atoms with Gasteiger partial charge in [0.1, 0.15) is 7.05 Å². The maximum absolute atomic E-state index is 2.52. The van der Waals surface area contributed by atoms with Gasteiger partial charge in [0, 0.05) is 55.3 Å². The Bertz CT molecular complexity index is 742. The van der Waals surface area contributed by atoms with Crippen molar-refractivity contribution in [2.75, 3.05) is 13.7 Å². The van der Waals surface area contributed by atoms with E-state index < -0.39 is 0 Å². The minimum Gasteiger partial charge on any atom is -0.299 e. The zero-order valence-corrected chi connectivity index (χ0v) is 22.0. The van der Waals surface area contributed by atoms with Crippen LogP contribution in [0, 0.1) is 59.3 Å². The molecule has 1 aromatic carbocycles. The summed E-state index contributed by atoms with van der Waals surface area (Å²) >= 11 is 0. The third kappa shape index (κ3) is 5.27. The predicted octanol–water partition coefficient (Wildman–Crippen LogP) is 5.48. The molecule has 2 unspecified atom stereocenters. The van der Waals surface area contributed by atoms with Gasteiger partial charge in [0.05, 0.1) is 0 Å². The molecule has 27 heavy (non-hydrogen) atoms. The van der Waals surface area contributed by atoms with E-state index in [-0.39, 0.29) is 32.7 Å². The van der Waals surface area contributed by atoms with Gasteiger partial charge in [-0.2, -0.15) is 16.4 Å². The predicted molar refractivity (Wildman–Crippen MR) is 114 cm³/mol. The van der Waals surface area contributed by atoms with Crippen LogP contribution in [-0.4, -0.2) is 34.3 Å². The van der Waals surface area contributed by atoms with Gasteiger partial charge in [0.15, 0.2) is 0 Å². The molecule has 0 aromatic heterocycles. The fourth-order valence-corrected chi connectivity index (χ4v) is 4.33. The van der Waals surface area contributed by atoms with Crippen molar-refractivity contribution in [3.63, 3.8) is 0 Å². The van der Waals surface area contributed by atoms with Crippen molar-refractivity contribution in [1.82, 2.24) is 0 Å². The van der Waals surface area contributed by atoms with Crippen molar-refractivity contribution in [2.45, 2.75) is 68.7 Å². The molecule has 147 valence electrons. The maximum atomic E-state index is 2.52. The Labute approximate surface area is 193 Å². The Kier molecular flexibility index (Phi) is 8.82. The molecule has 1 aliphatic rings. The maximum Gasteiger partial charge on any atom is 0.334 e. The molecule has 2 rings (SSSR count). The number of nitrogens with zero attached hydrogens (tertiary/aromatic N) is 2. The van der Waals surface area contributed by atoms with Gasteiger partial charge in [0.2, 0.25) is 5.69 Å². The Hall–Kier alpha value is -0.596. The molecule has 3 heteroatoms. The van der Waals surface area contributed by atoms with Gasteiger partial charge in [-0.25, -0.2) is 4.58 Å². The summed E-state index contributed by atoms with van der Waals surface area (Å²) in [6.45, 7) is 21.4. The third-order valence-corrected chi connectivity index (χ3v) is 6.41. The summed E-state index contributed by atoms with van der Waals surface area (Å²) in [7, 11) is 2.21. The van der Waals surface area contributed by atoms with Crippen LogP contribution < -0.4 is 0 Å². The van der Waals surface area contributed by atoms with E-state index in [1.165, 1.54) is 51.3 Å². The van der Waals surface area contributed by atoms with Gasteiger partial charge < -0.3 is 0 Å². The van der Waals surface area contributed by atoms with Crippen LogP contribution in [0.4, 0.5) is 5.69 Å². The van der Waals surface area contributed by atoms with Crippen LogP contribution in [0.2, 0.25) is 0 Å². The van der Waals surface area contributed by atoms with Crippen molar-refractivity contribution in [1.29, 1.82) is 0 Å². The first-order chi connectivity index (χ1) is 12.0. The molecule has 0 spiro atoms. The van der Waals surface area contributed by atoms with Gasteiger partial charge in [-0.15, -0.1) is 0 Å². The zero-order valence-electron chi connectivity index (χ0n) is 19.2. The van der Waals surface area contributed by atoms with Crippen molar-refractivity contribution in [2.24, 2.45) is 11.8 Å². The second-order valence-electron chi connectivity index (χ2n) is 8.55. The van der Waals surface area contributed by atoms with Crippen LogP contribution in [-0.2, 0) is 32.7 Å². The van der Waals surface area contributed by atoms with Gasteiger partial charge in [-0.1, -0.05) is 20.3 Å². The normalized spacial score (nSPS) is 26.7. The molecule has 0 amide bonds. The van der Waals surface area contributed by atoms with E-state index in [4.69, 9.17) is 0 Å². The molecule has 1 aromatic rings. The second-order valence-corrected chi connectivity index (χ2v) is 8.55. The molecule has 0 saturated carbocycles. The molecule has 0 bridgehead atoms. The summed E-state index contributed by atoms with van der Waals surface area (Å²) in [4.78, 5) is 0. The quantitative estimate of drug-likeness (QED) is 0.401. The number of benzene rings is 1. The van der Waals surface area contributed by atoms with Crippen molar-refractivity contribution >= 4 is 17.1 Å². The molecule has 0 fully saturated rings. The molecular weight excluding hydrogens is 405 g/mol. The standard InChI is InChI=1S/C24H38N2.Y/c1-15-11-16(2)13-18(4)26(14-25(10)17(3)12-15)24-22(8)20(6)19(5)21(7)23(24)9;/h12-13,15-16H,11,14H2,1-10H3;/b25-17-,26-18+;. The molecule has 0 N–H and O–H groups in total. The van der Waals surface area contributed by atoms with Crippen LogP contribution in [0.25, 0.3) is 0 Å². The van der Waals surface area contributed by atoms with Gasteiger partial charge >= 0.3 is 6.67 Å². The minimum absolute atomic E-state index is 0. The summed E-state index contributed by atoms with van der Waals surface area (Å²) in [5, 5.41) is 0. The van der Waals surface area contributed by atoms with E-state index in [2.05, 4.69) is 91.4 Å². The molecule has 1 radical (unpaired) electrons. The Morgan fingerprint density at radius 2 is 1.11 bits per heavy atom. The molecule has 2 atom stereocenters. The first-order valence-corrected chi connectivity index (χ1v) is 9.97. The summed E-state index contributed by atoms with van der Waals surface area (Å²) in [5.41, 5.74) is 11.2. The zero-order chi connectivity index (χ0) is 19.8. The van der Waals surface area contributed by atoms with Crippen LogP contribution in [0.3, 0.4) is 0 Å². The summed E-state index contributed by atoms with van der Waals surface area (Å²) in [6, 6.07) is 0. The Morgan fingerprint density at radius 3 is 1.59 bits per heavy atom. The summed E-state index contributed by atoms with van der Waals surface area (Å²) in [6.07, 6.45) is 6.08. The van der Waals surface area contributed by atoms with Crippen LogP contribution in [0.15, 0.2) is 0 Å². The number of hydrogen-bond donors (Lipinski definition) is 0. The SMILES string of the molecule is C/C1=[N+](\C)C/[N+](c2c(C)c(C)c(C)c(C)c2C)=C(/C)[CH-]C(C)CC(C)[CH-]1.[Y]. The number of hydrogen-bond acceptors (Lipinski definition) is 0. The molecule has 2 nitrogen and oxygen atoms in total. The fraction of sp³-hybridized carbons (Fsp3) is 0.583. The molecule has 0 saturated heterocycles. The van der Waals surface area contributed by atoms with E-state index in [9.17, 15) is 0 Å². The molecule has 1 aliphatic heterocycles. The van der Waals surface area contributed by atoms with Crippen molar-refractivity contribution in [3.8, 4) is 0 Å². The Balaban J connectivity index is 0.00000364. The van der Waals surface area contributed by atoms with Gasteiger partial charge in [-0.05, 0) is 65.2 Å². The third-order valence-electron chi connectivity index (χ3n) is 6.41. The molecule has 0 aliphatic carbocycles. The van der Waals surface area contributed by atoms with E-state index in [1.54, 1.807) is 0 Å². The van der Waals surface area contributed by atoms with Crippen LogP contribution in [0.1, 0.15) is 61.9 Å². The molecular formula is C24H38N2Y. The van der Waals surface area contributed by atoms with Gasteiger partial charge in [0.25, 0.3) is 0 Å². The smallest absolute Gasteiger partial charge is 0.299 e. The average Bonchev–Trinajstić information content (AvgIpc) is 2.56. The van der Waals surface area contributed by atoms with Crippen LogP contribution >= 0.6 is 0 Å². The molecule has 1 heterocycles. The monoisotopic (exact) mass is 443 g/mol. The summed E-state index contributed by atoms with van der Waals surface area (Å²) < 4.78 is 4.90. The average molecular weight is 443 g/mol. The fourth-order valence-electron chi connectivity index (χ4n) is 4.33. The van der Waals surface area contributed by atoms with Gasteiger partial charge in [-0.3, -0.25) is 12.8 Å². The van der Waals surface area contributed by atoms with E-state index in [1.807, 2.05) is 0 Å². The minimum atomic E-state index is 0. The van der Waals surface area contributed by atoms with E-state index in [0.29, 0.717) is 11.8 Å².